The summed E-state index contributed by atoms with van der Waals surface area (Å²) in [7, 11) is 0. The van der Waals surface area contributed by atoms with Crippen molar-refractivity contribution in [3.63, 3.8) is 0 Å². The third-order valence-electron chi connectivity index (χ3n) is 1.72. The van der Waals surface area contributed by atoms with Gasteiger partial charge in [0.15, 0.2) is 0 Å². The van der Waals surface area contributed by atoms with Crippen molar-refractivity contribution in [2.45, 2.75) is 6.42 Å². The number of carbonyl (C=O) groups excluding carboxylic acids is 1. The van der Waals surface area contributed by atoms with Gasteiger partial charge in [0.25, 0.3) is 0 Å². The molecule has 0 bridgehead atoms. The van der Waals surface area contributed by atoms with Crippen molar-refractivity contribution in [3.05, 3.63) is 40.8 Å². The predicted molar refractivity (Wildman–Crippen MR) is 59.1 cm³/mol. The van der Waals surface area contributed by atoms with E-state index in [1.165, 1.54) is 0 Å². The molecule has 0 aliphatic heterocycles. The summed E-state index contributed by atoms with van der Waals surface area (Å²) in [6, 6.07) is 8.79. The Bertz CT molecular complexity index is 374. The number of para-hydroxylation sites is 1. The maximum absolute atomic E-state index is 11.2. The molecule has 0 atom stereocenters. The highest BCUT2D eigenvalue weighted by atomic mass is 16.5. The third-order valence-corrected chi connectivity index (χ3v) is 1.72. The van der Waals surface area contributed by atoms with Crippen LogP contribution in [0.5, 0.6) is 5.75 Å². The number of azide groups is 1. The van der Waals surface area contributed by atoms with Crippen molar-refractivity contribution in [1.29, 1.82) is 0 Å². The molecule has 6 heteroatoms. The standard InChI is InChI=1S/C10H12N4O2/c11-14-13-8-4-7-12-10(15)16-9-5-2-1-3-6-9/h1-3,5-6H,4,7-8H2,(H,12,15). The third kappa shape index (κ3) is 4.88. The topological polar surface area (TPSA) is 87.1 Å². The van der Waals surface area contributed by atoms with Crippen molar-refractivity contribution >= 4 is 6.09 Å². The number of ether oxygens (including phenoxy) is 1. The molecule has 6 nitrogen and oxygen atoms in total. The Labute approximate surface area is 92.8 Å². The fourth-order valence-electron chi connectivity index (χ4n) is 1.02. The van der Waals surface area contributed by atoms with Gasteiger partial charge in [-0.25, -0.2) is 4.79 Å². The maximum atomic E-state index is 11.2. The molecule has 0 aliphatic rings. The van der Waals surface area contributed by atoms with Gasteiger partial charge in [-0.1, -0.05) is 23.3 Å². The molecule has 0 radical (unpaired) electrons. The van der Waals surface area contributed by atoms with Gasteiger partial charge >= 0.3 is 6.09 Å². The first kappa shape index (κ1) is 11.9. The van der Waals surface area contributed by atoms with Gasteiger partial charge in [-0.3, -0.25) is 0 Å². The molecule has 1 aromatic rings. The summed E-state index contributed by atoms with van der Waals surface area (Å²) in [6.07, 6.45) is 0.0839. The second-order valence-electron chi connectivity index (χ2n) is 2.94. The summed E-state index contributed by atoms with van der Waals surface area (Å²) >= 11 is 0. The van der Waals surface area contributed by atoms with Gasteiger partial charge in [-0.05, 0) is 24.1 Å². The molecule has 0 fully saturated rings. The van der Waals surface area contributed by atoms with Crippen LogP contribution in [0.4, 0.5) is 4.79 Å². The number of amides is 1. The summed E-state index contributed by atoms with van der Waals surface area (Å²) in [6.45, 7) is 0.785. The lowest BCUT2D eigenvalue weighted by molar-refractivity contribution is 0.200. The summed E-state index contributed by atoms with van der Waals surface area (Å²) in [5.74, 6) is 0.495. The van der Waals surface area contributed by atoms with E-state index in [0.717, 1.165) is 0 Å². The lowest BCUT2D eigenvalue weighted by Gasteiger charge is -2.05. The van der Waals surface area contributed by atoms with E-state index in [0.29, 0.717) is 25.3 Å². The molecule has 84 valence electrons. The fraction of sp³-hybridized carbons (Fsp3) is 0.300. The first-order valence-corrected chi connectivity index (χ1v) is 4.84. The molecule has 0 aromatic heterocycles. The van der Waals surface area contributed by atoms with Crippen LogP contribution in [-0.4, -0.2) is 19.2 Å². The lowest BCUT2D eigenvalue weighted by Crippen LogP contribution is -2.28. The second kappa shape index (κ2) is 7.14. The Kier molecular flexibility index (Phi) is 5.30. The minimum absolute atomic E-state index is 0.363. The van der Waals surface area contributed by atoms with Crippen molar-refractivity contribution in [2.24, 2.45) is 5.11 Å². The van der Waals surface area contributed by atoms with E-state index in [1.807, 2.05) is 6.07 Å². The number of nitrogens with zero attached hydrogens (tertiary/aromatic N) is 3. The Hall–Kier alpha value is -2.20. The van der Waals surface area contributed by atoms with Gasteiger partial charge < -0.3 is 10.1 Å². The largest absolute Gasteiger partial charge is 0.412 e. The van der Waals surface area contributed by atoms with Crippen LogP contribution in [0.3, 0.4) is 0 Å². The predicted octanol–water partition coefficient (Wildman–Crippen LogP) is 2.48. The van der Waals surface area contributed by atoms with Gasteiger partial charge in [0.1, 0.15) is 5.75 Å². The molecule has 0 saturated heterocycles. The molecule has 16 heavy (non-hydrogen) atoms. The summed E-state index contributed by atoms with van der Waals surface area (Å²) in [5.41, 5.74) is 8.02. The van der Waals surface area contributed by atoms with E-state index in [-0.39, 0.29) is 0 Å². The molecular weight excluding hydrogens is 208 g/mol. The average molecular weight is 220 g/mol. The molecular formula is C10H12N4O2. The molecule has 1 amide bonds. The first-order valence-electron chi connectivity index (χ1n) is 4.84. The van der Waals surface area contributed by atoms with Crippen LogP contribution >= 0.6 is 0 Å². The summed E-state index contributed by atoms with van der Waals surface area (Å²) in [5, 5.41) is 5.89. The van der Waals surface area contributed by atoms with E-state index in [4.69, 9.17) is 10.3 Å². The highest BCUT2D eigenvalue weighted by molar-refractivity contribution is 5.70. The average Bonchev–Trinajstić information content (AvgIpc) is 2.30. The van der Waals surface area contributed by atoms with Crippen LogP contribution in [-0.2, 0) is 0 Å². The number of rotatable bonds is 5. The van der Waals surface area contributed by atoms with E-state index >= 15 is 0 Å². The van der Waals surface area contributed by atoms with Crippen LogP contribution in [0, 0.1) is 0 Å². The Morgan fingerprint density at radius 2 is 2.19 bits per heavy atom. The highest BCUT2D eigenvalue weighted by Gasteiger charge is 2.01. The minimum Gasteiger partial charge on any atom is -0.410 e. The van der Waals surface area contributed by atoms with Crippen LogP contribution < -0.4 is 10.1 Å². The van der Waals surface area contributed by atoms with E-state index < -0.39 is 6.09 Å². The molecule has 0 spiro atoms. The van der Waals surface area contributed by atoms with Gasteiger partial charge in [-0.2, -0.15) is 0 Å². The van der Waals surface area contributed by atoms with Crippen LogP contribution in [0.25, 0.3) is 10.4 Å². The van der Waals surface area contributed by atoms with Gasteiger partial charge in [-0.15, -0.1) is 0 Å². The molecule has 1 rings (SSSR count). The Morgan fingerprint density at radius 3 is 2.88 bits per heavy atom. The molecule has 0 unspecified atom stereocenters. The normalized spacial score (nSPS) is 9.00. The number of hydrogen-bond acceptors (Lipinski definition) is 3. The van der Waals surface area contributed by atoms with E-state index in [9.17, 15) is 4.79 Å². The lowest BCUT2D eigenvalue weighted by atomic mass is 10.3. The number of benzene rings is 1. The molecule has 1 N–H and O–H groups in total. The summed E-state index contributed by atoms with van der Waals surface area (Å²) < 4.78 is 4.97. The zero-order valence-corrected chi connectivity index (χ0v) is 8.67. The van der Waals surface area contributed by atoms with Crippen molar-refractivity contribution in [1.82, 2.24) is 5.32 Å². The zero-order valence-electron chi connectivity index (χ0n) is 8.67. The van der Waals surface area contributed by atoms with Crippen molar-refractivity contribution in [3.8, 4) is 5.75 Å². The molecule has 1 aromatic carbocycles. The van der Waals surface area contributed by atoms with Crippen molar-refractivity contribution in [2.75, 3.05) is 13.1 Å². The Morgan fingerprint density at radius 1 is 1.44 bits per heavy atom. The number of nitrogens with one attached hydrogen (secondary N) is 1. The maximum Gasteiger partial charge on any atom is 0.412 e. The van der Waals surface area contributed by atoms with Crippen LogP contribution in [0.15, 0.2) is 35.4 Å². The molecule has 0 aliphatic carbocycles. The van der Waals surface area contributed by atoms with Gasteiger partial charge in [0.05, 0.1) is 0 Å². The van der Waals surface area contributed by atoms with Gasteiger partial charge in [0.2, 0.25) is 0 Å². The Balaban J connectivity index is 2.19. The van der Waals surface area contributed by atoms with Crippen LogP contribution in [0.2, 0.25) is 0 Å². The fourth-order valence-corrected chi connectivity index (χ4v) is 1.02. The monoisotopic (exact) mass is 220 g/mol. The van der Waals surface area contributed by atoms with Crippen LogP contribution in [0.1, 0.15) is 6.42 Å². The van der Waals surface area contributed by atoms with Gasteiger partial charge in [0, 0.05) is 18.0 Å². The molecule has 0 saturated carbocycles. The smallest absolute Gasteiger partial charge is 0.410 e. The quantitative estimate of drug-likeness (QED) is 0.357. The number of carbonyl (C=O) groups is 1. The summed E-state index contributed by atoms with van der Waals surface area (Å²) in [4.78, 5) is 13.8. The minimum atomic E-state index is -0.507. The zero-order chi connectivity index (χ0) is 11.6. The van der Waals surface area contributed by atoms with E-state index in [2.05, 4.69) is 15.3 Å². The first-order chi connectivity index (χ1) is 7.83. The second-order valence-corrected chi connectivity index (χ2v) is 2.94. The number of hydrogen-bond donors (Lipinski definition) is 1. The highest BCUT2D eigenvalue weighted by Crippen LogP contribution is 2.07. The SMILES string of the molecule is [N-]=[N+]=NCCCNC(=O)Oc1ccccc1. The van der Waals surface area contributed by atoms with Crippen molar-refractivity contribution < 1.29 is 9.53 Å². The van der Waals surface area contributed by atoms with E-state index in [1.54, 1.807) is 24.3 Å². The molecule has 0 heterocycles.